The predicted octanol–water partition coefficient (Wildman–Crippen LogP) is 3.46. The third-order valence-electron chi connectivity index (χ3n) is 3.46. The lowest BCUT2D eigenvalue weighted by molar-refractivity contribution is 0.252. The second kappa shape index (κ2) is 5.17. The standard InChI is InChI=1S/C12H19ClN2O/c1-12(7-3-2-4-8-12)11-15-14-10(16-11)6-5-9-13/h2-9H2,1H3. The van der Waals surface area contributed by atoms with Gasteiger partial charge in [-0.2, -0.15) is 0 Å². The maximum Gasteiger partial charge on any atom is 0.222 e. The van der Waals surface area contributed by atoms with E-state index in [4.69, 9.17) is 16.0 Å². The van der Waals surface area contributed by atoms with Crippen LogP contribution in [0.3, 0.4) is 0 Å². The summed E-state index contributed by atoms with van der Waals surface area (Å²) in [4.78, 5) is 0. The quantitative estimate of drug-likeness (QED) is 0.759. The summed E-state index contributed by atoms with van der Waals surface area (Å²) in [6.45, 7) is 2.24. The Labute approximate surface area is 102 Å². The number of nitrogens with zero attached hydrogens (tertiary/aromatic N) is 2. The minimum absolute atomic E-state index is 0.116. The van der Waals surface area contributed by atoms with Crippen LogP contribution in [-0.4, -0.2) is 16.1 Å². The Morgan fingerprint density at radius 1 is 1.25 bits per heavy atom. The van der Waals surface area contributed by atoms with Crippen molar-refractivity contribution >= 4 is 11.6 Å². The molecule has 1 aromatic heterocycles. The molecule has 0 unspecified atom stereocenters. The molecule has 0 amide bonds. The zero-order valence-electron chi connectivity index (χ0n) is 9.84. The molecule has 1 fully saturated rings. The summed E-state index contributed by atoms with van der Waals surface area (Å²) in [5.74, 6) is 2.22. The van der Waals surface area contributed by atoms with Crippen LogP contribution in [0.4, 0.5) is 0 Å². The second-order valence-electron chi connectivity index (χ2n) is 4.91. The molecular formula is C12H19ClN2O. The van der Waals surface area contributed by atoms with Gasteiger partial charge < -0.3 is 4.42 Å². The highest BCUT2D eigenvalue weighted by Crippen LogP contribution is 2.38. The largest absolute Gasteiger partial charge is 0.425 e. The van der Waals surface area contributed by atoms with Crippen molar-refractivity contribution in [2.45, 2.75) is 57.3 Å². The Bertz CT molecular complexity index is 332. The molecule has 1 aliphatic carbocycles. The maximum atomic E-state index is 5.75. The number of hydrogen-bond acceptors (Lipinski definition) is 3. The Hall–Kier alpha value is -0.570. The van der Waals surface area contributed by atoms with Crippen LogP contribution in [0.2, 0.25) is 0 Å². The van der Waals surface area contributed by atoms with Crippen molar-refractivity contribution in [3.8, 4) is 0 Å². The molecule has 0 N–H and O–H groups in total. The molecule has 0 bridgehead atoms. The average Bonchev–Trinajstić information content (AvgIpc) is 2.77. The van der Waals surface area contributed by atoms with Gasteiger partial charge in [0.05, 0.1) is 0 Å². The highest BCUT2D eigenvalue weighted by atomic mass is 35.5. The molecule has 0 radical (unpaired) electrons. The van der Waals surface area contributed by atoms with Crippen LogP contribution in [-0.2, 0) is 11.8 Å². The van der Waals surface area contributed by atoms with E-state index in [1.165, 1.54) is 32.1 Å². The monoisotopic (exact) mass is 242 g/mol. The van der Waals surface area contributed by atoms with Gasteiger partial charge in [-0.15, -0.1) is 21.8 Å². The Kier molecular flexibility index (Phi) is 3.85. The van der Waals surface area contributed by atoms with Crippen molar-refractivity contribution in [3.05, 3.63) is 11.8 Å². The van der Waals surface area contributed by atoms with Gasteiger partial charge in [-0.3, -0.25) is 0 Å². The van der Waals surface area contributed by atoms with Gasteiger partial charge >= 0.3 is 0 Å². The molecule has 1 saturated carbocycles. The van der Waals surface area contributed by atoms with E-state index in [2.05, 4.69) is 17.1 Å². The van der Waals surface area contributed by atoms with Gasteiger partial charge in [-0.05, 0) is 19.3 Å². The third kappa shape index (κ3) is 2.57. The van der Waals surface area contributed by atoms with E-state index in [1.807, 2.05) is 0 Å². The topological polar surface area (TPSA) is 38.9 Å². The second-order valence-corrected chi connectivity index (χ2v) is 5.29. The van der Waals surface area contributed by atoms with Crippen molar-refractivity contribution in [1.29, 1.82) is 0 Å². The van der Waals surface area contributed by atoms with Gasteiger partial charge in [-0.1, -0.05) is 26.2 Å². The van der Waals surface area contributed by atoms with Crippen molar-refractivity contribution in [2.24, 2.45) is 0 Å². The van der Waals surface area contributed by atoms with Crippen molar-refractivity contribution in [1.82, 2.24) is 10.2 Å². The summed E-state index contributed by atoms with van der Waals surface area (Å²) in [7, 11) is 0. The molecule has 3 nitrogen and oxygen atoms in total. The van der Waals surface area contributed by atoms with Crippen LogP contribution in [0.1, 0.15) is 57.2 Å². The van der Waals surface area contributed by atoms with Crippen LogP contribution in [0.5, 0.6) is 0 Å². The zero-order valence-corrected chi connectivity index (χ0v) is 10.6. The molecule has 1 aliphatic rings. The van der Waals surface area contributed by atoms with Crippen LogP contribution < -0.4 is 0 Å². The van der Waals surface area contributed by atoms with E-state index in [9.17, 15) is 0 Å². The number of aryl methyl sites for hydroxylation is 1. The minimum atomic E-state index is 0.116. The van der Waals surface area contributed by atoms with E-state index < -0.39 is 0 Å². The highest BCUT2D eigenvalue weighted by molar-refractivity contribution is 6.17. The van der Waals surface area contributed by atoms with Crippen molar-refractivity contribution in [3.63, 3.8) is 0 Å². The number of hydrogen-bond donors (Lipinski definition) is 0. The van der Waals surface area contributed by atoms with Gasteiger partial charge in [0, 0.05) is 17.7 Å². The summed E-state index contributed by atoms with van der Waals surface area (Å²) in [5, 5.41) is 8.30. The molecular weight excluding hydrogens is 224 g/mol. The molecule has 1 heterocycles. The molecule has 0 saturated heterocycles. The fraction of sp³-hybridized carbons (Fsp3) is 0.833. The van der Waals surface area contributed by atoms with Gasteiger partial charge in [0.15, 0.2) is 0 Å². The van der Waals surface area contributed by atoms with Gasteiger partial charge in [0.2, 0.25) is 11.8 Å². The summed E-state index contributed by atoms with van der Waals surface area (Å²) in [6, 6.07) is 0. The normalized spacial score (nSPS) is 19.9. The summed E-state index contributed by atoms with van der Waals surface area (Å²) >= 11 is 5.64. The molecule has 16 heavy (non-hydrogen) atoms. The summed E-state index contributed by atoms with van der Waals surface area (Å²) in [5.41, 5.74) is 0.116. The molecule has 0 spiro atoms. The zero-order chi connectivity index (χ0) is 11.4. The van der Waals surface area contributed by atoms with Crippen LogP contribution >= 0.6 is 11.6 Å². The first-order valence-corrected chi connectivity index (χ1v) is 6.67. The van der Waals surface area contributed by atoms with Crippen LogP contribution in [0.15, 0.2) is 4.42 Å². The van der Waals surface area contributed by atoms with Crippen molar-refractivity contribution < 1.29 is 4.42 Å². The SMILES string of the molecule is CC1(c2nnc(CCCCl)o2)CCCCC1. The summed E-state index contributed by atoms with van der Waals surface area (Å²) < 4.78 is 5.75. The molecule has 0 aliphatic heterocycles. The lowest BCUT2D eigenvalue weighted by Crippen LogP contribution is -2.25. The number of halogens is 1. The lowest BCUT2D eigenvalue weighted by atomic mass is 9.76. The fourth-order valence-corrected chi connectivity index (χ4v) is 2.50. The number of alkyl halides is 1. The van der Waals surface area contributed by atoms with E-state index in [0.717, 1.165) is 24.6 Å². The molecule has 90 valence electrons. The number of rotatable bonds is 4. The Morgan fingerprint density at radius 2 is 2.00 bits per heavy atom. The van der Waals surface area contributed by atoms with Crippen LogP contribution in [0.25, 0.3) is 0 Å². The first-order valence-electron chi connectivity index (χ1n) is 6.13. The van der Waals surface area contributed by atoms with Crippen LogP contribution in [0, 0.1) is 0 Å². The number of aromatic nitrogens is 2. The average molecular weight is 243 g/mol. The smallest absolute Gasteiger partial charge is 0.222 e. The Morgan fingerprint density at radius 3 is 2.69 bits per heavy atom. The highest BCUT2D eigenvalue weighted by Gasteiger charge is 2.33. The molecule has 1 aromatic rings. The molecule has 4 heteroatoms. The minimum Gasteiger partial charge on any atom is -0.425 e. The van der Waals surface area contributed by atoms with E-state index in [1.54, 1.807) is 0 Å². The van der Waals surface area contributed by atoms with Gasteiger partial charge in [0.1, 0.15) is 0 Å². The van der Waals surface area contributed by atoms with Crippen molar-refractivity contribution in [2.75, 3.05) is 5.88 Å². The summed E-state index contributed by atoms with van der Waals surface area (Å²) in [6.07, 6.45) is 7.93. The first kappa shape index (κ1) is 11.9. The molecule has 0 atom stereocenters. The lowest BCUT2D eigenvalue weighted by Gasteiger charge is -2.29. The van der Waals surface area contributed by atoms with E-state index in [-0.39, 0.29) is 5.41 Å². The Balaban J connectivity index is 2.05. The fourth-order valence-electron chi connectivity index (χ4n) is 2.36. The van der Waals surface area contributed by atoms with Gasteiger partial charge in [0.25, 0.3) is 0 Å². The van der Waals surface area contributed by atoms with E-state index >= 15 is 0 Å². The third-order valence-corrected chi connectivity index (χ3v) is 3.73. The first-order chi connectivity index (χ1) is 7.74. The molecule has 0 aromatic carbocycles. The maximum absolute atomic E-state index is 5.75. The predicted molar refractivity (Wildman–Crippen MR) is 63.8 cm³/mol. The van der Waals surface area contributed by atoms with E-state index in [0.29, 0.717) is 5.88 Å². The molecule has 2 rings (SSSR count). The van der Waals surface area contributed by atoms with Gasteiger partial charge in [-0.25, -0.2) is 0 Å².